The fourth-order valence-corrected chi connectivity index (χ4v) is 2.28. The van der Waals surface area contributed by atoms with Crippen molar-refractivity contribution < 1.29 is 9.90 Å². The van der Waals surface area contributed by atoms with Crippen molar-refractivity contribution in [2.45, 2.75) is 25.4 Å². The minimum Gasteiger partial charge on any atom is -0.480 e. The molecule has 1 heterocycles. The lowest BCUT2D eigenvalue weighted by molar-refractivity contribution is -0.142. The Kier molecular flexibility index (Phi) is 3.40. The third-order valence-electron chi connectivity index (χ3n) is 3.16. The lowest BCUT2D eigenvalue weighted by atomic mass is 10.1. The summed E-state index contributed by atoms with van der Waals surface area (Å²) in [4.78, 5) is 13.0. The molecule has 1 saturated heterocycles. The SMILES string of the molecule is N#Cc1ccccc1CN1CCC[C@H]1C(=O)O. The Morgan fingerprint density at radius 2 is 2.29 bits per heavy atom. The number of nitriles is 1. The Hall–Kier alpha value is -1.86. The van der Waals surface area contributed by atoms with E-state index in [0.29, 0.717) is 18.5 Å². The minimum absolute atomic E-state index is 0.401. The van der Waals surface area contributed by atoms with E-state index in [9.17, 15) is 4.79 Å². The van der Waals surface area contributed by atoms with Crippen molar-refractivity contribution in [1.82, 2.24) is 4.90 Å². The summed E-state index contributed by atoms with van der Waals surface area (Å²) in [6, 6.07) is 9.09. The van der Waals surface area contributed by atoms with Gasteiger partial charge >= 0.3 is 5.97 Å². The second-order valence-corrected chi connectivity index (χ2v) is 4.24. The molecule has 0 aliphatic carbocycles. The van der Waals surface area contributed by atoms with Crippen molar-refractivity contribution in [3.8, 4) is 6.07 Å². The molecular formula is C13H14N2O2. The van der Waals surface area contributed by atoms with Crippen LogP contribution in [0.5, 0.6) is 0 Å². The van der Waals surface area contributed by atoms with Gasteiger partial charge in [0.1, 0.15) is 6.04 Å². The third kappa shape index (κ3) is 2.45. The zero-order chi connectivity index (χ0) is 12.3. The zero-order valence-electron chi connectivity index (χ0n) is 9.47. The molecule has 1 aliphatic heterocycles. The summed E-state index contributed by atoms with van der Waals surface area (Å²) in [5.74, 6) is -0.767. The number of benzene rings is 1. The van der Waals surface area contributed by atoms with E-state index >= 15 is 0 Å². The van der Waals surface area contributed by atoms with Crippen LogP contribution in [0, 0.1) is 11.3 Å². The van der Waals surface area contributed by atoms with Crippen molar-refractivity contribution in [2.75, 3.05) is 6.54 Å². The maximum absolute atomic E-state index is 11.0. The topological polar surface area (TPSA) is 64.3 Å². The van der Waals surface area contributed by atoms with Crippen LogP contribution in [-0.4, -0.2) is 28.6 Å². The molecule has 0 radical (unpaired) electrons. The van der Waals surface area contributed by atoms with E-state index in [0.717, 1.165) is 18.5 Å². The van der Waals surface area contributed by atoms with E-state index in [-0.39, 0.29) is 0 Å². The largest absolute Gasteiger partial charge is 0.480 e. The highest BCUT2D eigenvalue weighted by Crippen LogP contribution is 2.21. The Balaban J connectivity index is 2.15. The first-order valence-electron chi connectivity index (χ1n) is 5.67. The lowest BCUT2D eigenvalue weighted by Crippen LogP contribution is -2.35. The summed E-state index contributed by atoms with van der Waals surface area (Å²) in [6.07, 6.45) is 1.61. The highest BCUT2D eigenvalue weighted by Gasteiger charge is 2.30. The number of rotatable bonds is 3. The summed E-state index contributed by atoms with van der Waals surface area (Å²) in [6.45, 7) is 1.33. The predicted molar refractivity (Wildman–Crippen MR) is 62.2 cm³/mol. The minimum atomic E-state index is -0.767. The van der Waals surface area contributed by atoms with Gasteiger partial charge in [0.05, 0.1) is 11.6 Å². The van der Waals surface area contributed by atoms with Crippen LogP contribution < -0.4 is 0 Å². The number of hydrogen-bond acceptors (Lipinski definition) is 3. The Labute approximate surface area is 100 Å². The Morgan fingerprint density at radius 3 is 3.00 bits per heavy atom. The molecule has 0 spiro atoms. The summed E-state index contributed by atoms with van der Waals surface area (Å²) >= 11 is 0. The van der Waals surface area contributed by atoms with Crippen LogP contribution in [0.3, 0.4) is 0 Å². The van der Waals surface area contributed by atoms with Gasteiger partial charge in [0.25, 0.3) is 0 Å². The molecule has 1 atom stereocenters. The second-order valence-electron chi connectivity index (χ2n) is 4.24. The van der Waals surface area contributed by atoms with Crippen LogP contribution >= 0.6 is 0 Å². The number of carboxylic acids is 1. The molecule has 1 aliphatic rings. The van der Waals surface area contributed by atoms with E-state index in [4.69, 9.17) is 10.4 Å². The summed E-state index contributed by atoms with van der Waals surface area (Å²) < 4.78 is 0. The zero-order valence-corrected chi connectivity index (χ0v) is 9.47. The fraction of sp³-hybridized carbons (Fsp3) is 0.385. The Morgan fingerprint density at radius 1 is 1.53 bits per heavy atom. The monoisotopic (exact) mass is 230 g/mol. The van der Waals surface area contributed by atoms with Gasteiger partial charge in [0.15, 0.2) is 0 Å². The van der Waals surface area contributed by atoms with Crippen molar-refractivity contribution in [3.63, 3.8) is 0 Å². The molecule has 0 bridgehead atoms. The molecule has 17 heavy (non-hydrogen) atoms. The van der Waals surface area contributed by atoms with Gasteiger partial charge < -0.3 is 5.11 Å². The number of carbonyl (C=O) groups is 1. The van der Waals surface area contributed by atoms with Gasteiger partial charge in [-0.25, -0.2) is 0 Å². The number of aliphatic carboxylic acids is 1. The molecule has 4 nitrogen and oxygen atoms in total. The maximum atomic E-state index is 11.0. The summed E-state index contributed by atoms with van der Waals surface area (Å²) in [5, 5.41) is 18.1. The maximum Gasteiger partial charge on any atom is 0.320 e. The molecule has 2 rings (SSSR count). The number of hydrogen-bond donors (Lipinski definition) is 1. The van der Waals surface area contributed by atoms with Crippen molar-refractivity contribution in [3.05, 3.63) is 35.4 Å². The second kappa shape index (κ2) is 4.98. The van der Waals surface area contributed by atoms with Crippen molar-refractivity contribution >= 4 is 5.97 Å². The molecule has 0 unspecified atom stereocenters. The van der Waals surface area contributed by atoms with Gasteiger partial charge in [-0.3, -0.25) is 9.69 Å². The molecule has 1 aromatic rings. The van der Waals surface area contributed by atoms with Crippen LogP contribution in [0.4, 0.5) is 0 Å². The molecule has 0 amide bonds. The third-order valence-corrected chi connectivity index (χ3v) is 3.16. The highest BCUT2D eigenvalue weighted by atomic mass is 16.4. The van der Waals surface area contributed by atoms with E-state index in [1.807, 2.05) is 23.1 Å². The average molecular weight is 230 g/mol. The highest BCUT2D eigenvalue weighted by molar-refractivity contribution is 5.73. The van der Waals surface area contributed by atoms with Gasteiger partial charge in [-0.05, 0) is 31.0 Å². The smallest absolute Gasteiger partial charge is 0.320 e. The van der Waals surface area contributed by atoms with Crippen LogP contribution in [0.15, 0.2) is 24.3 Å². The molecule has 4 heteroatoms. The molecule has 88 valence electrons. The molecule has 0 saturated carbocycles. The number of likely N-dealkylation sites (tertiary alicyclic amines) is 1. The van der Waals surface area contributed by atoms with Crippen LogP contribution in [0.1, 0.15) is 24.0 Å². The van der Waals surface area contributed by atoms with E-state index in [1.165, 1.54) is 0 Å². The first-order chi connectivity index (χ1) is 8.22. The van der Waals surface area contributed by atoms with E-state index in [2.05, 4.69) is 6.07 Å². The standard InChI is InChI=1S/C13H14N2O2/c14-8-10-4-1-2-5-11(10)9-15-7-3-6-12(15)13(16)17/h1-2,4-5,12H,3,6-7,9H2,(H,16,17)/t12-/m0/s1. The quantitative estimate of drug-likeness (QED) is 0.856. The summed E-state index contributed by atoms with van der Waals surface area (Å²) in [5.41, 5.74) is 1.53. The number of nitrogens with zero attached hydrogens (tertiary/aromatic N) is 2. The van der Waals surface area contributed by atoms with E-state index < -0.39 is 12.0 Å². The first kappa shape index (κ1) is 11.6. The Bertz CT molecular complexity index is 465. The summed E-state index contributed by atoms with van der Waals surface area (Å²) in [7, 11) is 0. The predicted octanol–water partition coefficient (Wildman–Crippen LogP) is 1.61. The molecule has 0 aromatic heterocycles. The van der Waals surface area contributed by atoms with E-state index in [1.54, 1.807) is 6.07 Å². The van der Waals surface area contributed by atoms with Crippen molar-refractivity contribution in [1.29, 1.82) is 5.26 Å². The normalized spacial score (nSPS) is 20.1. The van der Waals surface area contributed by atoms with Gasteiger partial charge in [-0.2, -0.15) is 5.26 Å². The van der Waals surface area contributed by atoms with Gasteiger partial charge in [0.2, 0.25) is 0 Å². The molecule has 1 aromatic carbocycles. The molecular weight excluding hydrogens is 216 g/mol. The van der Waals surface area contributed by atoms with Crippen LogP contribution in [-0.2, 0) is 11.3 Å². The molecule has 1 fully saturated rings. The van der Waals surface area contributed by atoms with Gasteiger partial charge in [-0.1, -0.05) is 18.2 Å². The van der Waals surface area contributed by atoms with Crippen LogP contribution in [0.25, 0.3) is 0 Å². The average Bonchev–Trinajstić information content (AvgIpc) is 2.78. The van der Waals surface area contributed by atoms with Gasteiger partial charge in [-0.15, -0.1) is 0 Å². The molecule has 1 N–H and O–H groups in total. The fourth-order valence-electron chi connectivity index (χ4n) is 2.28. The van der Waals surface area contributed by atoms with Gasteiger partial charge in [0, 0.05) is 6.54 Å². The lowest BCUT2D eigenvalue weighted by Gasteiger charge is -2.21. The van der Waals surface area contributed by atoms with Crippen LogP contribution in [0.2, 0.25) is 0 Å². The number of carboxylic acid groups (broad SMARTS) is 1. The van der Waals surface area contributed by atoms with Crippen molar-refractivity contribution in [2.24, 2.45) is 0 Å². The first-order valence-corrected chi connectivity index (χ1v) is 5.67.